The summed E-state index contributed by atoms with van der Waals surface area (Å²) < 4.78 is 29.3. The summed E-state index contributed by atoms with van der Waals surface area (Å²) in [5.74, 6) is -0.278. The van der Waals surface area contributed by atoms with Gasteiger partial charge in [-0.1, -0.05) is 65.7 Å². The van der Waals surface area contributed by atoms with Gasteiger partial charge in [0.15, 0.2) is 0 Å². The summed E-state index contributed by atoms with van der Waals surface area (Å²) in [4.78, 5) is 23.4. The fourth-order valence-corrected chi connectivity index (χ4v) is 7.28. The van der Waals surface area contributed by atoms with E-state index in [0.29, 0.717) is 41.4 Å². The fraction of sp³-hybridized carbons (Fsp3) is 0.226. The Bertz CT molecular complexity index is 1850. The van der Waals surface area contributed by atoms with Crippen molar-refractivity contribution in [3.8, 4) is 0 Å². The highest BCUT2D eigenvalue weighted by Crippen LogP contribution is 2.34. The van der Waals surface area contributed by atoms with Crippen LogP contribution in [0.2, 0.25) is 10.0 Å². The number of aromatic amines is 1. The normalized spacial score (nSPS) is 13.7. The molecule has 1 N–H and O–H groups in total. The van der Waals surface area contributed by atoms with E-state index in [2.05, 4.69) is 9.97 Å². The van der Waals surface area contributed by atoms with E-state index in [9.17, 15) is 13.2 Å². The average molecular weight is 608 g/mol. The average Bonchev–Trinajstić information content (AvgIpc) is 3.74. The lowest BCUT2D eigenvalue weighted by Gasteiger charge is -2.28. The molecule has 1 amide bonds. The van der Waals surface area contributed by atoms with Gasteiger partial charge in [0, 0.05) is 47.8 Å². The molecule has 0 unspecified atom stereocenters. The third kappa shape index (κ3) is 5.83. The number of para-hydroxylation sites is 2. The third-order valence-electron chi connectivity index (χ3n) is 7.46. The summed E-state index contributed by atoms with van der Waals surface area (Å²) in [6.45, 7) is 0.410. The Morgan fingerprint density at radius 3 is 2.59 bits per heavy atom. The summed E-state index contributed by atoms with van der Waals surface area (Å²) >= 11 is 12.4. The number of rotatable bonds is 10. The van der Waals surface area contributed by atoms with Crippen molar-refractivity contribution in [2.24, 2.45) is 0 Å². The molecule has 41 heavy (non-hydrogen) atoms. The second-order valence-corrected chi connectivity index (χ2v) is 13.0. The maximum atomic E-state index is 14.0. The first-order chi connectivity index (χ1) is 19.8. The number of pyridine rings is 1. The first-order valence-corrected chi connectivity index (χ1v) is 15.6. The Hall–Kier alpha value is -3.43. The van der Waals surface area contributed by atoms with Crippen molar-refractivity contribution in [1.82, 2.24) is 19.2 Å². The molecule has 0 radical (unpaired) electrons. The first kappa shape index (κ1) is 27.7. The highest BCUT2D eigenvalue weighted by Gasteiger charge is 2.40. The fourth-order valence-electron chi connectivity index (χ4n) is 5.16. The summed E-state index contributed by atoms with van der Waals surface area (Å²) in [6, 6.07) is 21.8. The number of H-pyrrole nitrogens is 1. The summed E-state index contributed by atoms with van der Waals surface area (Å²) in [7, 11) is -3.99. The molecule has 2 heterocycles. The number of sulfonamides is 1. The van der Waals surface area contributed by atoms with E-state index in [1.165, 1.54) is 4.31 Å². The van der Waals surface area contributed by atoms with Crippen LogP contribution in [0.5, 0.6) is 0 Å². The van der Waals surface area contributed by atoms with Crippen molar-refractivity contribution in [2.45, 2.75) is 36.7 Å². The Labute approximate surface area is 248 Å². The quantitative estimate of drug-likeness (QED) is 0.198. The zero-order chi connectivity index (χ0) is 28.6. The highest BCUT2D eigenvalue weighted by atomic mass is 35.5. The van der Waals surface area contributed by atoms with E-state index in [1.807, 2.05) is 48.7 Å². The predicted octanol–water partition coefficient (Wildman–Crippen LogP) is 6.45. The number of carbonyl (C=O) groups excluding carboxylic acids is 1. The van der Waals surface area contributed by atoms with Gasteiger partial charge in [0.05, 0.1) is 22.1 Å². The minimum absolute atomic E-state index is 0.116. The molecular weight excluding hydrogens is 579 g/mol. The summed E-state index contributed by atoms with van der Waals surface area (Å²) in [5, 5.41) is 2.66. The highest BCUT2D eigenvalue weighted by molar-refractivity contribution is 7.89. The number of halogens is 2. The Morgan fingerprint density at radius 2 is 1.78 bits per heavy atom. The van der Waals surface area contributed by atoms with Crippen LogP contribution in [-0.4, -0.2) is 52.6 Å². The number of fused-ring (bicyclic) bond motifs is 2. The van der Waals surface area contributed by atoms with Crippen LogP contribution in [-0.2, 0) is 27.8 Å². The van der Waals surface area contributed by atoms with Gasteiger partial charge in [-0.15, -0.1) is 0 Å². The van der Waals surface area contributed by atoms with Gasteiger partial charge < -0.3 is 9.88 Å². The number of nitrogens with zero attached hydrogens (tertiary/aromatic N) is 3. The zero-order valence-corrected chi connectivity index (χ0v) is 24.5. The SMILES string of the molecule is O=C(CN(C1CC1)S(=O)(=O)c1cccc2cccnc12)N(CCc1c[nH]c2ccccc12)Cc1ccc(Cl)c(Cl)c1. The van der Waals surface area contributed by atoms with Crippen molar-refractivity contribution < 1.29 is 13.2 Å². The number of carbonyl (C=O) groups is 1. The third-order valence-corrected chi connectivity index (χ3v) is 10.1. The molecule has 0 atom stereocenters. The maximum Gasteiger partial charge on any atom is 0.245 e. The summed E-state index contributed by atoms with van der Waals surface area (Å²) in [5.41, 5.74) is 3.33. The molecule has 5 aromatic rings. The molecule has 210 valence electrons. The van der Waals surface area contributed by atoms with Crippen LogP contribution in [0.1, 0.15) is 24.0 Å². The number of aromatic nitrogens is 2. The monoisotopic (exact) mass is 606 g/mol. The van der Waals surface area contributed by atoms with Crippen molar-refractivity contribution in [3.63, 3.8) is 0 Å². The molecule has 7 nitrogen and oxygen atoms in total. The van der Waals surface area contributed by atoms with Gasteiger partial charge >= 0.3 is 0 Å². The smallest absolute Gasteiger partial charge is 0.245 e. The second kappa shape index (κ2) is 11.4. The number of benzene rings is 3. The Morgan fingerprint density at radius 1 is 0.976 bits per heavy atom. The van der Waals surface area contributed by atoms with Crippen molar-refractivity contribution in [3.05, 3.63) is 106 Å². The lowest BCUT2D eigenvalue weighted by Crippen LogP contribution is -2.44. The molecule has 3 aromatic carbocycles. The molecule has 0 aliphatic heterocycles. The molecule has 0 bridgehead atoms. The molecule has 1 fully saturated rings. The molecular formula is C31H28Cl2N4O3S. The van der Waals surface area contributed by atoms with Gasteiger partial charge in [0.1, 0.15) is 4.90 Å². The number of nitrogens with one attached hydrogen (secondary N) is 1. The van der Waals surface area contributed by atoms with Crippen LogP contribution in [0, 0.1) is 0 Å². The standard InChI is InChI=1S/C31H28Cl2N4O3S/c32-26-13-10-21(17-27(26)33)19-36(16-14-23-18-35-28-8-2-1-7-25(23)28)30(38)20-37(24-11-12-24)41(39,40)29-9-3-5-22-6-4-15-34-31(22)29/h1-10,13,15,17-18,24,35H,11-12,14,16,19-20H2. The second-order valence-electron chi connectivity index (χ2n) is 10.3. The minimum Gasteiger partial charge on any atom is -0.361 e. The van der Waals surface area contributed by atoms with Gasteiger partial charge in [-0.25, -0.2) is 8.42 Å². The van der Waals surface area contributed by atoms with Crippen LogP contribution >= 0.6 is 23.2 Å². The lowest BCUT2D eigenvalue weighted by molar-refractivity contribution is -0.132. The Balaban J connectivity index is 1.29. The maximum absolute atomic E-state index is 14.0. The number of hydrogen-bond acceptors (Lipinski definition) is 4. The van der Waals surface area contributed by atoms with Gasteiger partial charge in [-0.05, 0) is 60.7 Å². The molecule has 0 spiro atoms. The van der Waals surface area contributed by atoms with E-state index >= 15 is 0 Å². The van der Waals surface area contributed by atoms with Gasteiger partial charge in [0.25, 0.3) is 0 Å². The minimum atomic E-state index is -3.99. The van der Waals surface area contributed by atoms with Crippen molar-refractivity contribution in [1.29, 1.82) is 0 Å². The molecule has 2 aromatic heterocycles. The largest absolute Gasteiger partial charge is 0.361 e. The first-order valence-electron chi connectivity index (χ1n) is 13.4. The van der Waals surface area contributed by atoms with Crippen LogP contribution < -0.4 is 0 Å². The van der Waals surface area contributed by atoms with E-state index in [-0.39, 0.29) is 29.9 Å². The molecule has 1 aliphatic carbocycles. The van der Waals surface area contributed by atoms with Gasteiger partial charge in [-0.3, -0.25) is 9.78 Å². The zero-order valence-electron chi connectivity index (χ0n) is 22.1. The van der Waals surface area contributed by atoms with Gasteiger partial charge in [0.2, 0.25) is 15.9 Å². The van der Waals surface area contributed by atoms with Gasteiger partial charge in [-0.2, -0.15) is 4.31 Å². The van der Waals surface area contributed by atoms with E-state index in [4.69, 9.17) is 23.2 Å². The summed E-state index contributed by atoms with van der Waals surface area (Å²) in [6.07, 6.45) is 5.57. The van der Waals surface area contributed by atoms with Crippen molar-refractivity contribution >= 4 is 60.9 Å². The lowest BCUT2D eigenvalue weighted by atomic mass is 10.1. The molecule has 1 aliphatic rings. The van der Waals surface area contributed by atoms with Crippen LogP contribution in [0.3, 0.4) is 0 Å². The molecule has 10 heteroatoms. The molecule has 6 rings (SSSR count). The number of hydrogen-bond donors (Lipinski definition) is 1. The number of amides is 1. The van der Waals surface area contributed by atoms with Crippen LogP contribution in [0.25, 0.3) is 21.8 Å². The topological polar surface area (TPSA) is 86.4 Å². The molecule has 0 saturated heterocycles. The van der Waals surface area contributed by atoms with Crippen molar-refractivity contribution in [2.75, 3.05) is 13.1 Å². The predicted molar refractivity (Wildman–Crippen MR) is 163 cm³/mol. The molecule has 1 saturated carbocycles. The van der Waals surface area contributed by atoms with E-state index in [1.54, 1.807) is 41.4 Å². The van der Waals surface area contributed by atoms with E-state index in [0.717, 1.165) is 27.4 Å². The van der Waals surface area contributed by atoms with Crippen LogP contribution in [0.15, 0.2) is 90.1 Å². The Kier molecular flexibility index (Phi) is 7.74. The van der Waals surface area contributed by atoms with E-state index < -0.39 is 10.0 Å². The van der Waals surface area contributed by atoms with Crippen LogP contribution in [0.4, 0.5) is 0 Å².